The molecule has 0 fully saturated rings. The van der Waals surface area contributed by atoms with Gasteiger partial charge in [0, 0.05) is 21.8 Å². The largest absolute Gasteiger partial charge is 0.489 e. The fourth-order valence-corrected chi connectivity index (χ4v) is 2.75. The number of amides is 1. The van der Waals surface area contributed by atoms with Crippen LogP contribution in [0.1, 0.15) is 11.1 Å². The molecule has 0 saturated carbocycles. The summed E-state index contributed by atoms with van der Waals surface area (Å²) in [5, 5.41) is 3.86. The lowest BCUT2D eigenvalue weighted by Crippen LogP contribution is -2.20. The zero-order valence-electron chi connectivity index (χ0n) is 16.4. The van der Waals surface area contributed by atoms with Crippen LogP contribution in [-0.4, -0.2) is 18.5 Å². The summed E-state index contributed by atoms with van der Waals surface area (Å²) in [5.74, 6) is -0.353. The van der Waals surface area contributed by atoms with E-state index in [1.807, 2.05) is 36.4 Å². The molecule has 3 rings (SSSR count). The highest BCUT2D eigenvalue weighted by Gasteiger charge is 2.06. The Labute approximate surface area is 190 Å². The topological polar surface area (TPSA) is 64.6 Å². The van der Waals surface area contributed by atoms with E-state index in [1.54, 1.807) is 42.5 Å². The minimum atomic E-state index is -0.616. The van der Waals surface area contributed by atoms with Gasteiger partial charge in [0.1, 0.15) is 12.4 Å². The Morgan fingerprint density at radius 3 is 2.10 bits per heavy atom. The first-order valence-corrected chi connectivity index (χ1v) is 10.1. The lowest BCUT2D eigenvalue weighted by Gasteiger charge is -2.07. The molecule has 0 aliphatic carbocycles. The van der Waals surface area contributed by atoms with Crippen LogP contribution in [0.4, 0.5) is 5.69 Å². The molecule has 31 heavy (non-hydrogen) atoms. The third-order valence-electron chi connectivity index (χ3n) is 4.08. The summed E-state index contributed by atoms with van der Waals surface area (Å²) in [4.78, 5) is 23.7. The van der Waals surface area contributed by atoms with Crippen LogP contribution < -0.4 is 10.1 Å². The molecule has 0 aliphatic rings. The number of ether oxygens (including phenoxy) is 2. The number of rotatable bonds is 8. The predicted octanol–water partition coefficient (Wildman–Crippen LogP) is 5.77. The summed E-state index contributed by atoms with van der Waals surface area (Å²) in [6.07, 6.45) is 2.86. The molecular weight excluding hydrogens is 437 g/mol. The van der Waals surface area contributed by atoms with Crippen LogP contribution in [0.2, 0.25) is 10.0 Å². The zero-order chi connectivity index (χ0) is 22.1. The molecule has 0 unspecified atom stereocenters. The van der Waals surface area contributed by atoms with Crippen molar-refractivity contribution in [3.05, 3.63) is 100 Å². The first-order valence-electron chi connectivity index (χ1n) is 9.35. The van der Waals surface area contributed by atoms with Crippen LogP contribution in [0.25, 0.3) is 6.08 Å². The number of hydrogen-bond donors (Lipinski definition) is 1. The molecule has 3 aromatic rings. The van der Waals surface area contributed by atoms with Crippen LogP contribution in [0, 0.1) is 0 Å². The maximum Gasteiger partial charge on any atom is 0.331 e. The van der Waals surface area contributed by atoms with Crippen molar-refractivity contribution < 1.29 is 19.1 Å². The van der Waals surface area contributed by atoms with Gasteiger partial charge in [-0.2, -0.15) is 0 Å². The first kappa shape index (κ1) is 22.4. The van der Waals surface area contributed by atoms with Crippen molar-refractivity contribution in [2.24, 2.45) is 0 Å². The van der Waals surface area contributed by atoms with Gasteiger partial charge in [-0.3, -0.25) is 4.79 Å². The molecule has 0 saturated heterocycles. The fourth-order valence-electron chi connectivity index (χ4n) is 2.50. The summed E-state index contributed by atoms with van der Waals surface area (Å²) in [6, 6.07) is 21.3. The minimum absolute atomic E-state index is 0.386. The molecule has 0 spiro atoms. The predicted molar refractivity (Wildman–Crippen MR) is 122 cm³/mol. The summed E-state index contributed by atoms with van der Waals surface area (Å²) < 4.78 is 10.7. The molecule has 1 amide bonds. The van der Waals surface area contributed by atoms with E-state index in [2.05, 4.69) is 5.32 Å². The minimum Gasteiger partial charge on any atom is -0.489 e. The van der Waals surface area contributed by atoms with Crippen LogP contribution in [0.3, 0.4) is 0 Å². The number of carbonyl (C=O) groups excluding carboxylic acids is 2. The molecular formula is C24H19Cl2NO4. The average molecular weight is 456 g/mol. The molecule has 158 valence electrons. The molecule has 0 atom stereocenters. The highest BCUT2D eigenvalue weighted by molar-refractivity contribution is 6.30. The van der Waals surface area contributed by atoms with Gasteiger partial charge in [0.25, 0.3) is 5.91 Å². The maximum atomic E-state index is 11.8. The first-order chi connectivity index (χ1) is 15.0. The third-order valence-corrected chi connectivity index (χ3v) is 4.59. The van der Waals surface area contributed by atoms with E-state index in [9.17, 15) is 9.59 Å². The number of halogens is 2. The van der Waals surface area contributed by atoms with Gasteiger partial charge >= 0.3 is 5.97 Å². The highest BCUT2D eigenvalue weighted by atomic mass is 35.5. The number of esters is 1. The number of benzene rings is 3. The Morgan fingerprint density at radius 1 is 0.839 bits per heavy atom. The second-order valence-corrected chi connectivity index (χ2v) is 7.35. The molecule has 0 aliphatic heterocycles. The second kappa shape index (κ2) is 11.2. The lowest BCUT2D eigenvalue weighted by molar-refractivity contribution is -0.142. The highest BCUT2D eigenvalue weighted by Crippen LogP contribution is 2.16. The average Bonchev–Trinajstić information content (AvgIpc) is 2.78. The smallest absolute Gasteiger partial charge is 0.331 e. The van der Waals surface area contributed by atoms with Crippen molar-refractivity contribution in [3.63, 3.8) is 0 Å². The van der Waals surface area contributed by atoms with Crippen LogP contribution >= 0.6 is 23.2 Å². The standard InChI is InChI=1S/C24H19Cl2NO4/c25-19-6-1-18(2-7-19)15-30-22-12-3-17(4-13-22)5-14-24(29)31-16-23(28)27-21-10-8-20(26)9-11-21/h1-14H,15-16H2,(H,27,28)/b14-5+. The molecule has 5 nitrogen and oxygen atoms in total. The van der Waals surface area contributed by atoms with Crippen molar-refractivity contribution in [1.29, 1.82) is 0 Å². The van der Waals surface area contributed by atoms with Gasteiger partial charge in [-0.05, 0) is 65.7 Å². The van der Waals surface area contributed by atoms with Crippen LogP contribution in [0.5, 0.6) is 5.75 Å². The molecule has 0 bridgehead atoms. The Kier molecular flexibility index (Phi) is 8.10. The number of carbonyl (C=O) groups is 2. The second-order valence-electron chi connectivity index (χ2n) is 6.48. The van der Waals surface area contributed by atoms with E-state index in [0.29, 0.717) is 28.1 Å². The van der Waals surface area contributed by atoms with Crippen LogP contribution in [0.15, 0.2) is 78.9 Å². The molecule has 3 aromatic carbocycles. The van der Waals surface area contributed by atoms with E-state index < -0.39 is 11.9 Å². The monoisotopic (exact) mass is 455 g/mol. The summed E-state index contributed by atoms with van der Waals surface area (Å²) in [6.45, 7) is 0.0417. The van der Waals surface area contributed by atoms with Crippen molar-refractivity contribution in [1.82, 2.24) is 0 Å². The summed E-state index contributed by atoms with van der Waals surface area (Å²) >= 11 is 11.7. The zero-order valence-corrected chi connectivity index (χ0v) is 17.9. The summed E-state index contributed by atoms with van der Waals surface area (Å²) in [7, 11) is 0. The number of hydrogen-bond acceptors (Lipinski definition) is 4. The molecule has 0 radical (unpaired) electrons. The third kappa shape index (κ3) is 7.81. The SMILES string of the molecule is O=C(COC(=O)/C=C/c1ccc(OCc2ccc(Cl)cc2)cc1)Nc1ccc(Cl)cc1. The Hall–Kier alpha value is -3.28. The fraction of sp³-hybridized carbons (Fsp3) is 0.0833. The number of nitrogens with one attached hydrogen (secondary N) is 1. The van der Waals surface area contributed by atoms with Gasteiger partial charge < -0.3 is 14.8 Å². The number of anilines is 1. The maximum absolute atomic E-state index is 11.8. The van der Waals surface area contributed by atoms with Crippen molar-refractivity contribution in [2.45, 2.75) is 6.61 Å². The molecule has 0 aromatic heterocycles. The van der Waals surface area contributed by atoms with Gasteiger partial charge in [-0.25, -0.2) is 4.79 Å². The van der Waals surface area contributed by atoms with Crippen molar-refractivity contribution in [3.8, 4) is 5.75 Å². The Balaban J connectivity index is 1.41. The van der Waals surface area contributed by atoms with E-state index >= 15 is 0 Å². The molecule has 0 heterocycles. The van der Waals surface area contributed by atoms with Gasteiger partial charge in [0.2, 0.25) is 0 Å². The lowest BCUT2D eigenvalue weighted by atomic mass is 10.2. The van der Waals surface area contributed by atoms with Crippen LogP contribution in [-0.2, 0) is 20.9 Å². The Bertz CT molecular complexity index is 1050. The van der Waals surface area contributed by atoms with Gasteiger partial charge in [0.15, 0.2) is 6.61 Å². The normalized spacial score (nSPS) is 10.6. The molecule has 1 N–H and O–H groups in total. The van der Waals surface area contributed by atoms with Crippen molar-refractivity contribution in [2.75, 3.05) is 11.9 Å². The van der Waals surface area contributed by atoms with Crippen molar-refractivity contribution >= 4 is 46.8 Å². The van der Waals surface area contributed by atoms with Gasteiger partial charge in [-0.1, -0.05) is 47.5 Å². The van der Waals surface area contributed by atoms with E-state index in [4.69, 9.17) is 32.7 Å². The van der Waals surface area contributed by atoms with Gasteiger partial charge in [0.05, 0.1) is 0 Å². The van der Waals surface area contributed by atoms with E-state index in [1.165, 1.54) is 6.08 Å². The molecule has 7 heteroatoms. The quantitative estimate of drug-likeness (QED) is 0.346. The van der Waals surface area contributed by atoms with E-state index in [-0.39, 0.29) is 6.61 Å². The summed E-state index contributed by atoms with van der Waals surface area (Å²) in [5.41, 5.74) is 2.37. The Morgan fingerprint density at radius 2 is 1.45 bits per heavy atom. The van der Waals surface area contributed by atoms with E-state index in [0.717, 1.165) is 11.1 Å². The van der Waals surface area contributed by atoms with Gasteiger partial charge in [-0.15, -0.1) is 0 Å².